The van der Waals surface area contributed by atoms with Crippen LogP contribution in [0, 0.1) is 0 Å². The lowest BCUT2D eigenvalue weighted by Crippen LogP contribution is -1.85. The Morgan fingerprint density at radius 3 is 2.93 bits per heavy atom. The molecule has 4 heteroatoms. The maximum Gasteiger partial charge on any atom is 0.0965 e. The van der Waals surface area contributed by atoms with Crippen LogP contribution in [0.3, 0.4) is 0 Å². The highest BCUT2D eigenvalue weighted by Crippen LogP contribution is 2.18. The first kappa shape index (κ1) is 8.23. The van der Waals surface area contributed by atoms with Gasteiger partial charge in [0, 0.05) is 25.0 Å². The van der Waals surface area contributed by atoms with Gasteiger partial charge in [0.05, 0.1) is 17.4 Å². The van der Waals surface area contributed by atoms with E-state index in [9.17, 15) is 0 Å². The maximum atomic E-state index is 4.46. The van der Waals surface area contributed by atoms with Gasteiger partial charge in [0.25, 0.3) is 0 Å². The summed E-state index contributed by atoms with van der Waals surface area (Å²) in [6.07, 6.45) is 5.72. The van der Waals surface area contributed by atoms with E-state index in [1.54, 1.807) is 4.68 Å². The second-order valence-corrected chi connectivity index (χ2v) is 3.50. The standard InChI is InChI=1S/C11H10N4/c1-14-8-9(7-12-14)11-6-10-4-2-3-5-15(10)13-11/h2-8H,1H3. The molecule has 3 aromatic heterocycles. The van der Waals surface area contributed by atoms with Crippen LogP contribution >= 0.6 is 0 Å². The lowest BCUT2D eigenvalue weighted by atomic mass is 10.2. The van der Waals surface area contributed by atoms with E-state index in [1.807, 2.05) is 48.4 Å². The van der Waals surface area contributed by atoms with Crippen LogP contribution in [0.2, 0.25) is 0 Å². The molecular formula is C11H10N4. The highest BCUT2D eigenvalue weighted by molar-refractivity contribution is 5.64. The average Bonchev–Trinajstić information content (AvgIpc) is 2.82. The largest absolute Gasteiger partial charge is 0.275 e. The van der Waals surface area contributed by atoms with Gasteiger partial charge >= 0.3 is 0 Å². The van der Waals surface area contributed by atoms with Crippen molar-refractivity contribution in [1.82, 2.24) is 19.4 Å². The summed E-state index contributed by atoms with van der Waals surface area (Å²) in [6, 6.07) is 8.06. The summed E-state index contributed by atoms with van der Waals surface area (Å²) in [5.41, 5.74) is 3.09. The van der Waals surface area contributed by atoms with Crippen LogP contribution in [-0.4, -0.2) is 19.4 Å². The summed E-state index contributed by atoms with van der Waals surface area (Å²) in [5, 5.41) is 8.59. The van der Waals surface area contributed by atoms with Crippen molar-refractivity contribution in [2.24, 2.45) is 7.05 Å². The quantitative estimate of drug-likeness (QED) is 0.597. The van der Waals surface area contributed by atoms with Gasteiger partial charge in [0.15, 0.2) is 0 Å². The van der Waals surface area contributed by atoms with Crippen molar-refractivity contribution in [2.75, 3.05) is 0 Å². The van der Waals surface area contributed by atoms with E-state index in [0.717, 1.165) is 16.8 Å². The van der Waals surface area contributed by atoms with Gasteiger partial charge in [-0.1, -0.05) is 6.07 Å². The number of nitrogens with zero attached hydrogens (tertiary/aromatic N) is 4. The van der Waals surface area contributed by atoms with Crippen molar-refractivity contribution < 1.29 is 0 Å². The van der Waals surface area contributed by atoms with Crippen molar-refractivity contribution in [1.29, 1.82) is 0 Å². The van der Waals surface area contributed by atoms with Crippen molar-refractivity contribution >= 4 is 5.52 Å². The fourth-order valence-electron chi connectivity index (χ4n) is 1.63. The first-order chi connectivity index (χ1) is 7.33. The van der Waals surface area contributed by atoms with Crippen LogP contribution in [0.15, 0.2) is 42.9 Å². The third-order valence-electron chi connectivity index (χ3n) is 2.37. The number of aryl methyl sites for hydroxylation is 1. The fourth-order valence-corrected chi connectivity index (χ4v) is 1.63. The zero-order valence-corrected chi connectivity index (χ0v) is 8.33. The molecule has 0 N–H and O–H groups in total. The lowest BCUT2D eigenvalue weighted by Gasteiger charge is -1.88. The van der Waals surface area contributed by atoms with Crippen molar-refractivity contribution in [3.8, 4) is 11.3 Å². The Bertz CT molecular complexity index is 573. The van der Waals surface area contributed by atoms with Gasteiger partial charge < -0.3 is 0 Å². The molecular weight excluding hydrogens is 188 g/mol. The lowest BCUT2D eigenvalue weighted by molar-refractivity contribution is 0.768. The predicted octanol–water partition coefficient (Wildman–Crippen LogP) is 1.73. The van der Waals surface area contributed by atoms with Crippen LogP contribution in [-0.2, 0) is 7.05 Å². The third kappa shape index (κ3) is 1.30. The third-order valence-corrected chi connectivity index (χ3v) is 2.37. The van der Waals surface area contributed by atoms with Gasteiger partial charge in [0.2, 0.25) is 0 Å². The van der Waals surface area contributed by atoms with Crippen molar-refractivity contribution in [3.63, 3.8) is 0 Å². The Morgan fingerprint density at radius 2 is 2.20 bits per heavy atom. The fraction of sp³-hybridized carbons (Fsp3) is 0.0909. The molecule has 15 heavy (non-hydrogen) atoms. The molecule has 0 radical (unpaired) electrons. The first-order valence-electron chi connectivity index (χ1n) is 4.76. The number of fused-ring (bicyclic) bond motifs is 1. The molecule has 0 aliphatic carbocycles. The molecule has 74 valence electrons. The normalized spacial score (nSPS) is 11.0. The van der Waals surface area contributed by atoms with Gasteiger partial charge in [-0.2, -0.15) is 10.2 Å². The van der Waals surface area contributed by atoms with E-state index >= 15 is 0 Å². The number of hydrogen-bond acceptors (Lipinski definition) is 2. The molecule has 0 atom stereocenters. The number of aromatic nitrogens is 4. The smallest absolute Gasteiger partial charge is 0.0965 e. The summed E-state index contributed by atoms with van der Waals surface area (Å²) in [6.45, 7) is 0. The van der Waals surface area contributed by atoms with Crippen LogP contribution in [0.25, 0.3) is 16.8 Å². The Hall–Kier alpha value is -2.10. The van der Waals surface area contributed by atoms with Crippen LogP contribution in [0.5, 0.6) is 0 Å². The van der Waals surface area contributed by atoms with Gasteiger partial charge in [-0.3, -0.25) is 4.68 Å². The Balaban J connectivity index is 2.19. The minimum absolute atomic E-state index is 0.953. The van der Waals surface area contributed by atoms with Crippen LogP contribution < -0.4 is 0 Å². The SMILES string of the molecule is Cn1cc(-c2cc3ccccn3n2)cn1. The Labute approximate surface area is 86.8 Å². The molecule has 3 heterocycles. The average molecular weight is 198 g/mol. The molecule has 3 rings (SSSR count). The summed E-state index contributed by atoms with van der Waals surface area (Å²) in [4.78, 5) is 0. The Kier molecular flexibility index (Phi) is 1.62. The molecule has 0 spiro atoms. The summed E-state index contributed by atoms with van der Waals surface area (Å²) >= 11 is 0. The topological polar surface area (TPSA) is 35.1 Å². The van der Waals surface area contributed by atoms with Gasteiger partial charge in [-0.25, -0.2) is 4.52 Å². The molecule has 0 aliphatic rings. The van der Waals surface area contributed by atoms with Crippen LogP contribution in [0.4, 0.5) is 0 Å². The zero-order chi connectivity index (χ0) is 10.3. The number of hydrogen-bond donors (Lipinski definition) is 0. The molecule has 0 bridgehead atoms. The highest BCUT2D eigenvalue weighted by atomic mass is 15.3. The molecule has 0 saturated heterocycles. The van der Waals surface area contributed by atoms with E-state index in [4.69, 9.17) is 0 Å². The predicted molar refractivity (Wildman–Crippen MR) is 57.4 cm³/mol. The van der Waals surface area contributed by atoms with E-state index in [0.29, 0.717) is 0 Å². The van der Waals surface area contributed by atoms with E-state index in [2.05, 4.69) is 16.3 Å². The summed E-state index contributed by atoms with van der Waals surface area (Å²) in [5.74, 6) is 0. The highest BCUT2D eigenvalue weighted by Gasteiger charge is 2.04. The number of pyridine rings is 1. The van der Waals surface area contributed by atoms with E-state index in [-0.39, 0.29) is 0 Å². The van der Waals surface area contributed by atoms with Gasteiger partial charge in [0.1, 0.15) is 0 Å². The monoisotopic (exact) mass is 198 g/mol. The molecule has 0 fully saturated rings. The molecule has 4 nitrogen and oxygen atoms in total. The first-order valence-corrected chi connectivity index (χ1v) is 4.76. The van der Waals surface area contributed by atoms with Gasteiger partial charge in [-0.05, 0) is 18.2 Å². The number of rotatable bonds is 1. The molecule has 0 unspecified atom stereocenters. The molecule has 0 aliphatic heterocycles. The Morgan fingerprint density at radius 1 is 1.27 bits per heavy atom. The van der Waals surface area contributed by atoms with Crippen molar-refractivity contribution in [2.45, 2.75) is 0 Å². The van der Waals surface area contributed by atoms with Gasteiger partial charge in [-0.15, -0.1) is 0 Å². The van der Waals surface area contributed by atoms with E-state index in [1.165, 1.54) is 0 Å². The molecule has 3 aromatic rings. The second-order valence-electron chi connectivity index (χ2n) is 3.50. The molecule has 0 saturated carbocycles. The van der Waals surface area contributed by atoms with Crippen molar-refractivity contribution in [3.05, 3.63) is 42.9 Å². The minimum Gasteiger partial charge on any atom is -0.275 e. The zero-order valence-electron chi connectivity index (χ0n) is 8.33. The van der Waals surface area contributed by atoms with Crippen LogP contribution in [0.1, 0.15) is 0 Å². The maximum absolute atomic E-state index is 4.46. The molecule has 0 aromatic carbocycles. The summed E-state index contributed by atoms with van der Waals surface area (Å²) < 4.78 is 3.64. The summed E-state index contributed by atoms with van der Waals surface area (Å²) in [7, 11) is 1.90. The van der Waals surface area contributed by atoms with E-state index < -0.39 is 0 Å². The second kappa shape index (κ2) is 2.95. The molecule has 0 amide bonds. The minimum atomic E-state index is 0.953.